The topological polar surface area (TPSA) is 65.6 Å². The first-order chi connectivity index (χ1) is 11.8. The summed E-state index contributed by atoms with van der Waals surface area (Å²) < 4.78 is 3.33. The fraction of sp³-hybridized carbons (Fsp3) is 0.111. The van der Waals surface area contributed by atoms with E-state index in [0.717, 1.165) is 11.4 Å². The number of aryl methyl sites for hydroxylation is 1. The summed E-state index contributed by atoms with van der Waals surface area (Å²) in [4.78, 5) is 21.7. The third-order valence-corrected chi connectivity index (χ3v) is 3.91. The molecule has 0 amide bonds. The molecular formula is C18H15N5O. The van der Waals surface area contributed by atoms with E-state index >= 15 is 0 Å². The number of hydrogen-bond donors (Lipinski definition) is 0. The lowest BCUT2D eigenvalue weighted by Crippen LogP contribution is -2.23. The van der Waals surface area contributed by atoms with Crippen molar-refractivity contribution in [2.75, 3.05) is 0 Å². The van der Waals surface area contributed by atoms with Crippen molar-refractivity contribution in [3.8, 4) is 11.4 Å². The maximum Gasteiger partial charge on any atom is 0.269 e. The molecule has 0 fully saturated rings. The van der Waals surface area contributed by atoms with Gasteiger partial charge in [0, 0.05) is 18.8 Å². The normalized spacial score (nSPS) is 11.0. The molecule has 0 bridgehead atoms. The van der Waals surface area contributed by atoms with Crippen molar-refractivity contribution in [3.05, 3.63) is 77.2 Å². The average molecular weight is 317 g/mol. The Morgan fingerprint density at radius 1 is 1.00 bits per heavy atom. The zero-order valence-electron chi connectivity index (χ0n) is 13.1. The largest absolute Gasteiger partial charge is 0.269 e. The number of hydrogen-bond acceptors (Lipinski definition) is 4. The van der Waals surface area contributed by atoms with Crippen molar-refractivity contribution in [2.45, 2.75) is 13.3 Å². The van der Waals surface area contributed by atoms with Crippen LogP contribution in [0.4, 0.5) is 0 Å². The molecule has 3 aromatic heterocycles. The minimum absolute atomic E-state index is 0.120. The van der Waals surface area contributed by atoms with Gasteiger partial charge in [0.05, 0.1) is 17.6 Å². The van der Waals surface area contributed by atoms with Crippen molar-refractivity contribution in [1.82, 2.24) is 24.3 Å². The molecule has 4 aromatic rings. The molecule has 4 rings (SSSR count). The molecule has 0 aliphatic carbocycles. The summed E-state index contributed by atoms with van der Waals surface area (Å²) in [6, 6.07) is 13.3. The maximum absolute atomic E-state index is 13.0. The van der Waals surface area contributed by atoms with Gasteiger partial charge in [0.1, 0.15) is 11.2 Å². The van der Waals surface area contributed by atoms with Gasteiger partial charge in [0.2, 0.25) is 0 Å². The Morgan fingerprint density at radius 2 is 1.75 bits per heavy atom. The minimum atomic E-state index is -0.120. The van der Waals surface area contributed by atoms with E-state index in [0.29, 0.717) is 23.3 Å². The second kappa shape index (κ2) is 5.73. The van der Waals surface area contributed by atoms with Gasteiger partial charge in [-0.25, -0.2) is 9.67 Å². The predicted molar refractivity (Wildman–Crippen MR) is 91.6 cm³/mol. The Kier molecular flexibility index (Phi) is 3.42. The van der Waals surface area contributed by atoms with Crippen molar-refractivity contribution < 1.29 is 0 Å². The molecule has 3 heterocycles. The standard InChI is InChI=1S/C18H15N5O/c1-2-16-21-17-15(12-20-23(17)14-6-4-3-5-7-14)18(24)22(16)13-8-10-19-11-9-13/h3-12H,2H2,1H3. The smallest absolute Gasteiger partial charge is 0.268 e. The fourth-order valence-electron chi connectivity index (χ4n) is 2.77. The van der Waals surface area contributed by atoms with Crippen LogP contribution in [0.2, 0.25) is 0 Å². The van der Waals surface area contributed by atoms with Crippen LogP contribution >= 0.6 is 0 Å². The minimum Gasteiger partial charge on any atom is -0.268 e. The van der Waals surface area contributed by atoms with Gasteiger partial charge >= 0.3 is 0 Å². The maximum atomic E-state index is 13.0. The molecule has 0 unspecified atom stereocenters. The monoisotopic (exact) mass is 317 g/mol. The first-order valence-electron chi connectivity index (χ1n) is 7.75. The van der Waals surface area contributed by atoms with Gasteiger partial charge in [-0.2, -0.15) is 5.10 Å². The van der Waals surface area contributed by atoms with Crippen LogP contribution in [0.3, 0.4) is 0 Å². The van der Waals surface area contributed by atoms with Crippen LogP contribution in [-0.4, -0.2) is 24.3 Å². The molecule has 6 nitrogen and oxygen atoms in total. The van der Waals surface area contributed by atoms with E-state index in [1.807, 2.05) is 37.3 Å². The Bertz CT molecular complexity index is 1050. The lowest BCUT2D eigenvalue weighted by Gasteiger charge is -2.11. The number of rotatable bonds is 3. The van der Waals surface area contributed by atoms with Gasteiger partial charge in [-0.05, 0) is 24.3 Å². The average Bonchev–Trinajstić information content (AvgIpc) is 3.07. The second-order valence-corrected chi connectivity index (χ2v) is 5.36. The summed E-state index contributed by atoms with van der Waals surface area (Å²) >= 11 is 0. The van der Waals surface area contributed by atoms with Crippen LogP contribution in [-0.2, 0) is 6.42 Å². The highest BCUT2D eigenvalue weighted by Crippen LogP contribution is 2.16. The van der Waals surface area contributed by atoms with E-state index in [-0.39, 0.29) is 5.56 Å². The summed E-state index contributed by atoms with van der Waals surface area (Å²) in [5.74, 6) is 0.691. The van der Waals surface area contributed by atoms with Crippen molar-refractivity contribution in [2.24, 2.45) is 0 Å². The summed E-state index contributed by atoms with van der Waals surface area (Å²) in [7, 11) is 0. The molecule has 0 atom stereocenters. The van der Waals surface area contributed by atoms with Crippen LogP contribution in [0.5, 0.6) is 0 Å². The Morgan fingerprint density at radius 3 is 2.46 bits per heavy atom. The molecular weight excluding hydrogens is 302 g/mol. The Labute approximate surface area is 138 Å². The SMILES string of the molecule is CCc1nc2c(cnn2-c2ccccc2)c(=O)n1-c1ccncc1. The molecule has 0 aliphatic rings. The summed E-state index contributed by atoms with van der Waals surface area (Å²) in [5, 5.41) is 4.86. The van der Waals surface area contributed by atoms with Gasteiger partial charge in [-0.15, -0.1) is 0 Å². The first-order valence-corrected chi connectivity index (χ1v) is 7.75. The molecule has 1 aromatic carbocycles. The van der Waals surface area contributed by atoms with E-state index in [9.17, 15) is 4.79 Å². The van der Waals surface area contributed by atoms with Crippen molar-refractivity contribution >= 4 is 11.0 Å². The van der Waals surface area contributed by atoms with Crippen LogP contribution in [0, 0.1) is 0 Å². The highest BCUT2D eigenvalue weighted by atomic mass is 16.1. The number of fused-ring (bicyclic) bond motifs is 1. The van der Waals surface area contributed by atoms with Gasteiger partial charge in [-0.1, -0.05) is 25.1 Å². The molecule has 0 aliphatic heterocycles. The van der Waals surface area contributed by atoms with Crippen LogP contribution in [0.25, 0.3) is 22.4 Å². The first kappa shape index (κ1) is 14.3. The van der Waals surface area contributed by atoms with Crippen LogP contribution in [0.15, 0.2) is 65.8 Å². The molecule has 118 valence electrons. The number of aromatic nitrogens is 5. The van der Waals surface area contributed by atoms with Gasteiger partial charge < -0.3 is 0 Å². The van der Waals surface area contributed by atoms with Gasteiger partial charge in [-0.3, -0.25) is 14.3 Å². The Hall–Kier alpha value is -3.28. The lowest BCUT2D eigenvalue weighted by atomic mass is 10.3. The highest BCUT2D eigenvalue weighted by molar-refractivity contribution is 5.75. The quantitative estimate of drug-likeness (QED) is 0.582. The summed E-state index contributed by atoms with van der Waals surface area (Å²) in [6.45, 7) is 1.98. The Balaban J connectivity index is 2.02. The highest BCUT2D eigenvalue weighted by Gasteiger charge is 2.16. The molecule has 6 heteroatoms. The van der Waals surface area contributed by atoms with Crippen LogP contribution in [0.1, 0.15) is 12.7 Å². The van der Waals surface area contributed by atoms with Crippen molar-refractivity contribution in [1.29, 1.82) is 0 Å². The number of pyridine rings is 1. The van der Waals surface area contributed by atoms with E-state index < -0.39 is 0 Å². The van der Waals surface area contributed by atoms with Crippen LogP contribution < -0.4 is 5.56 Å². The van der Waals surface area contributed by atoms with Crippen molar-refractivity contribution in [3.63, 3.8) is 0 Å². The molecule has 24 heavy (non-hydrogen) atoms. The third kappa shape index (κ3) is 2.20. The van der Waals surface area contributed by atoms with Gasteiger partial charge in [0.25, 0.3) is 5.56 Å². The number of benzene rings is 1. The van der Waals surface area contributed by atoms with E-state index in [2.05, 4.69) is 10.1 Å². The van der Waals surface area contributed by atoms with E-state index in [1.54, 1.807) is 40.0 Å². The molecule has 0 saturated heterocycles. The molecule has 0 N–H and O–H groups in total. The molecule has 0 radical (unpaired) electrons. The molecule has 0 saturated carbocycles. The van der Waals surface area contributed by atoms with E-state index in [1.165, 1.54) is 0 Å². The lowest BCUT2D eigenvalue weighted by molar-refractivity contribution is 0.816. The van der Waals surface area contributed by atoms with E-state index in [4.69, 9.17) is 4.98 Å². The molecule has 0 spiro atoms. The predicted octanol–water partition coefficient (Wildman–Crippen LogP) is 2.53. The second-order valence-electron chi connectivity index (χ2n) is 5.36. The summed E-state index contributed by atoms with van der Waals surface area (Å²) in [6.07, 6.45) is 5.54. The summed E-state index contributed by atoms with van der Waals surface area (Å²) in [5.41, 5.74) is 2.09. The van der Waals surface area contributed by atoms with Gasteiger partial charge in [0.15, 0.2) is 5.65 Å². The zero-order chi connectivity index (χ0) is 16.5. The third-order valence-electron chi connectivity index (χ3n) is 3.91. The number of nitrogens with zero attached hydrogens (tertiary/aromatic N) is 5. The zero-order valence-corrected chi connectivity index (χ0v) is 13.1. The number of para-hydroxylation sites is 1. The fourth-order valence-corrected chi connectivity index (χ4v) is 2.77.